The Hall–Kier alpha value is -1.66. The van der Waals surface area contributed by atoms with E-state index in [0.717, 1.165) is 18.6 Å². The maximum atomic E-state index is 12.5. The lowest BCUT2D eigenvalue weighted by Crippen LogP contribution is -2.44. The maximum absolute atomic E-state index is 12.5. The summed E-state index contributed by atoms with van der Waals surface area (Å²) in [6.45, 7) is 1.41. The van der Waals surface area contributed by atoms with E-state index in [9.17, 15) is 9.90 Å². The molecule has 2 heterocycles. The van der Waals surface area contributed by atoms with Gasteiger partial charge in [0.15, 0.2) is 0 Å². The standard InChI is InChI=1S/C16H23N3O3/c17-14-9-11(10-15(14)20)16(21)19-7-3-13(4-8-19)22-12-1-5-18-6-2-12/h1-2,5-6,11,13-15,20H,3-4,7-10,17H2/t11-,14-,15-/m0/s1. The molecule has 1 amide bonds. The van der Waals surface area contributed by atoms with E-state index in [1.165, 1.54) is 0 Å². The van der Waals surface area contributed by atoms with E-state index in [4.69, 9.17) is 10.5 Å². The Kier molecular flexibility index (Phi) is 4.59. The average Bonchev–Trinajstić information content (AvgIpc) is 2.88. The zero-order valence-electron chi connectivity index (χ0n) is 12.6. The van der Waals surface area contributed by atoms with Gasteiger partial charge in [0.2, 0.25) is 5.91 Å². The fourth-order valence-electron chi connectivity index (χ4n) is 3.31. The van der Waals surface area contributed by atoms with Gasteiger partial charge in [-0.3, -0.25) is 9.78 Å². The first-order valence-electron chi connectivity index (χ1n) is 7.92. The van der Waals surface area contributed by atoms with Crippen molar-refractivity contribution in [1.82, 2.24) is 9.88 Å². The first-order chi connectivity index (χ1) is 10.6. The van der Waals surface area contributed by atoms with Crippen LogP contribution in [-0.4, -0.2) is 52.2 Å². The molecule has 6 nitrogen and oxygen atoms in total. The number of aliphatic hydroxyl groups is 1. The highest BCUT2D eigenvalue weighted by Gasteiger charge is 2.37. The summed E-state index contributed by atoms with van der Waals surface area (Å²) in [5.41, 5.74) is 5.80. The molecule has 3 N–H and O–H groups in total. The lowest BCUT2D eigenvalue weighted by atomic mass is 10.0. The van der Waals surface area contributed by atoms with Crippen LogP contribution in [0.15, 0.2) is 24.5 Å². The monoisotopic (exact) mass is 305 g/mol. The molecule has 0 aromatic carbocycles. The van der Waals surface area contributed by atoms with Gasteiger partial charge >= 0.3 is 0 Å². The van der Waals surface area contributed by atoms with Gasteiger partial charge in [0, 0.05) is 50.3 Å². The van der Waals surface area contributed by atoms with E-state index in [-0.39, 0.29) is 24.0 Å². The molecule has 3 rings (SSSR count). The smallest absolute Gasteiger partial charge is 0.225 e. The molecule has 1 saturated heterocycles. The third kappa shape index (κ3) is 3.39. The third-order valence-corrected chi connectivity index (χ3v) is 4.63. The highest BCUT2D eigenvalue weighted by molar-refractivity contribution is 5.79. The number of nitrogens with zero attached hydrogens (tertiary/aromatic N) is 2. The Morgan fingerprint density at radius 3 is 2.55 bits per heavy atom. The molecular formula is C16H23N3O3. The van der Waals surface area contributed by atoms with E-state index in [1.807, 2.05) is 17.0 Å². The molecule has 22 heavy (non-hydrogen) atoms. The zero-order valence-corrected chi connectivity index (χ0v) is 12.6. The molecule has 0 bridgehead atoms. The largest absolute Gasteiger partial charge is 0.490 e. The zero-order chi connectivity index (χ0) is 15.5. The van der Waals surface area contributed by atoms with Gasteiger partial charge in [-0.2, -0.15) is 0 Å². The van der Waals surface area contributed by atoms with Crippen LogP contribution in [0.3, 0.4) is 0 Å². The van der Waals surface area contributed by atoms with Crippen molar-refractivity contribution in [3.8, 4) is 5.75 Å². The Balaban J connectivity index is 1.48. The summed E-state index contributed by atoms with van der Waals surface area (Å²) in [6, 6.07) is 3.43. The Morgan fingerprint density at radius 1 is 1.27 bits per heavy atom. The van der Waals surface area contributed by atoms with E-state index < -0.39 is 6.10 Å². The molecule has 120 valence electrons. The molecule has 1 aromatic heterocycles. The molecule has 6 heteroatoms. The van der Waals surface area contributed by atoms with Crippen LogP contribution in [0.5, 0.6) is 5.75 Å². The van der Waals surface area contributed by atoms with Crippen LogP contribution in [0.1, 0.15) is 25.7 Å². The number of pyridine rings is 1. The lowest BCUT2D eigenvalue weighted by Gasteiger charge is -2.33. The minimum Gasteiger partial charge on any atom is -0.490 e. The number of aliphatic hydroxyl groups excluding tert-OH is 1. The normalized spacial score (nSPS) is 29.5. The van der Waals surface area contributed by atoms with Gasteiger partial charge in [-0.25, -0.2) is 0 Å². The quantitative estimate of drug-likeness (QED) is 0.851. The number of ether oxygens (including phenoxy) is 1. The van der Waals surface area contributed by atoms with E-state index in [1.54, 1.807) is 12.4 Å². The van der Waals surface area contributed by atoms with Gasteiger partial charge in [-0.1, -0.05) is 0 Å². The van der Waals surface area contributed by atoms with E-state index in [2.05, 4.69) is 4.98 Å². The van der Waals surface area contributed by atoms with E-state index >= 15 is 0 Å². The predicted octanol–water partition coefficient (Wildman–Crippen LogP) is 0.550. The number of rotatable bonds is 3. The predicted molar refractivity (Wildman–Crippen MR) is 81.2 cm³/mol. The molecule has 0 radical (unpaired) electrons. The van der Waals surface area contributed by atoms with Gasteiger partial charge in [-0.05, 0) is 25.0 Å². The van der Waals surface area contributed by atoms with Crippen LogP contribution in [0.2, 0.25) is 0 Å². The summed E-state index contributed by atoms with van der Waals surface area (Å²) in [4.78, 5) is 18.3. The molecule has 0 unspecified atom stereocenters. The molecule has 1 aliphatic heterocycles. The van der Waals surface area contributed by atoms with Crippen molar-refractivity contribution in [2.75, 3.05) is 13.1 Å². The van der Waals surface area contributed by atoms with Crippen LogP contribution >= 0.6 is 0 Å². The van der Waals surface area contributed by atoms with Crippen LogP contribution in [0.25, 0.3) is 0 Å². The molecule has 2 aliphatic rings. The summed E-state index contributed by atoms with van der Waals surface area (Å²) in [5.74, 6) is 0.835. The van der Waals surface area contributed by atoms with Crippen LogP contribution in [0.4, 0.5) is 0 Å². The molecule has 2 fully saturated rings. The highest BCUT2D eigenvalue weighted by Crippen LogP contribution is 2.28. The number of carbonyl (C=O) groups excluding carboxylic acids is 1. The SMILES string of the molecule is N[C@H]1C[C@H](C(=O)N2CCC(Oc3ccncc3)CC2)C[C@@H]1O. The minimum atomic E-state index is -0.540. The van der Waals surface area contributed by atoms with Crippen molar-refractivity contribution >= 4 is 5.91 Å². The highest BCUT2D eigenvalue weighted by atomic mass is 16.5. The second-order valence-electron chi connectivity index (χ2n) is 6.22. The lowest BCUT2D eigenvalue weighted by molar-refractivity contribution is -0.137. The summed E-state index contributed by atoms with van der Waals surface area (Å²) in [6.07, 6.45) is 5.76. The Labute approximate surface area is 130 Å². The number of carbonyl (C=O) groups is 1. The fraction of sp³-hybridized carbons (Fsp3) is 0.625. The van der Waals surface area contributed by atoms with Crippen molar-refractivity contribution in [3.63, 3.8) is 0 Å². The number of piperidine rings is 1. The van der Waals surface area contributed by atoms with Crippen LogP contribution < -0.4 is 10.5 Å². The summed E-state index contributed by atoms with van der Waals surface area (Å²) in [7, 11) is 0. The summed E-state index contributed by atoms with van der Waals surface area (Å²) in [5, 5.41) is 9.70. The molecular weight excluding hydrogens is 282 g/mol. The molecule has 1 aromatic rings. The first-order valence-corrected chi connectivity index (χ1v) is 7.92. The van der Waals surface area contributed by atoms with Gasteiger partial charge in [-0.15, -0.1) is 0 Å². The van der Waals surface area contributed by atoms with Crippen molar-refractivity contribution in [2.45, 2.75) is 43.9 Å². The number of nitrogens with two attached hydrogens (primary N) is 1. The van der Waals surface area contributed by atoms with Crippen molar-refractivity contribution in [3.05, 3.63) is 24.5 Å². The van der Waals surface area contributed by atoms with Crippen LogP contribution in [-0.2, 0) is 4.79 Å². The van der Waals surface area contributed by atoms with Gasteiger partial charge in [0.25, 0.3) is 0 Å². The van der Waals surface area contributed by atoms with E-state index in [0.29, 0.717) is 25.9 Å². The maximum Gasteiger partial charge on any atom is 0.225 e. The average molecular weight is 305 g/mol. The summed E-state index contributed by atoms with van der Waals surface area (Å²) >= 11 is 0. The second-order valence-corrected chi connectivity index (χ2v) is 6.22. The molecule has 1 saturated carbocycles. The molecule has 3 atom stereocenters. The third-order valence-electron chi connectivity index (χ3n) is 4.63. The van der Waals surface area contributed by atoms with Crippen molar-refractivity contribution in [1.29, 1.82) is 0 Å². The number of hydrogen-bond acceptors (Lipinski definition) is 5. The molecule has 1 aliphatic carbocycles. The number of amides is 1. The minimum absolute atomic E-state index is 0.123. The van der Waals surface area contributed by atoms with Crippen molar-refractivity contribution < 1.29 is 14.6 Å². The Bertz CT molecular complexity index is 493. The summed E-state index contributed by atoms with van der Waals surface area (Å²) < 4.78 is 5.90. The van der Waals surface area contributed by atoms with Gasteiger partial charge in [0.05, 0.1) is 6.10 Å². The Morgan fingerprint density at radius 2 is 1.95 bits per heavy atom. The fourth-order valence-corrected chi connectivity index (χ4v) is 3.31. The number of likely N-dealkylation sites (tertiary alicyclic amines) is 1. The number of aromatic nitrogens is 1. The second kappa shape index (κ2) is 6.62. The first kappa shape index (κ1) is 15.2. The van der Waals surface area contributed by atoms with Gasteiger partial charge in [0.1, 0.15) is 11.9 Å². The van der Waals surface area contributed by atoms with Crippen LogP contribution in [0, 0.1) is 5.92 Å². The topological polar surface area (TPSA) is 88.7 Å². The van der Waals surface area contributed by atoms with Gasteiger partial charge < -0.3 is 20.5 Å². The molecule has 0 spiro atoms. The van der Waals surface area contributed by atoms with Crippen molar-refractivity contribution in [2.24, 2.45) is 11.7 Å². The number of hydrogen-bond donors (Lipinski definition) is 2.